The highest BCUT2D eigenvalue weighted by Crippen LogP contribution is 2.19. The smallest absolute Gasteiger partial charge is 0.314 e. The topological polar surface area (TPSA) is 114 Å². The van der Waals surface area contributed by atoms with Gasteiger partial charge in [-0.25, -0.2) is 0 Å². The lowest BCUT2D eigenvalue weighted by Gasteiger charge is -2.30. The second kappa shape index (κ2) is 5.20. The van der Waals surface area contributed by atoms with Crippen molar-refractivity contribution in [1.82, 2.24) is 5.32 Å². The molecule has 88 valence electrons. The summed E-state index contributed by atoms with van der Waals surface area (Å²) >= 11 is 2.95. The highest BCUT2D eigenvalue weighted by molar-refractivity contribution is 9.09. The highest BCUT2D eigenvalue weighted by Gasteiger charge is 2.38. The van der Waals surface area contributed by atoms with E-state index < -0.39 is 17.9 Å². The number of carbonyl (C=O) groups is 2. The zero-order valence-electron chi connectivity index (χ0n) is 8.42. The first-order chi connectivity index (χ1) is 7.47. The molecule has 4 N–H and O–H groups in total. The molecule has 0 aromatic rings. The van der Waals surface area contributed by atoms with Crippen LogP contribution in [-0.2, 0) is 9.59 Å². The number of amides is 1. The lowest BCUT2D eigenvalue weighted by atomic mass is 9.81. The average Bonchev–Trinajstić information content (AvgIpc) is 2.22. The Balaban J connectivity index is 2.89. The number of carbonyl (C=O) groups excluding carboxylic acids is 1. The molecular weight excluding hydrogens is 278 g/mol. The van der Waals surface area contributed by atoms with Crippen LogP contribution in [0.25, 0.3) is 0 Å². The second-order valence-electron chi connectivity index (χ2n) is 3.55. The molecule has 0 aromatic heterocycles. The minimum absolute atomic E-state index is 0.0520. The van der Waals surface area contributed by atoms with E-state index in [0.717, 1.165) is 0 Å². The van der Waals surface area contributed by atoms with Crippen LogP contribution in [0.1, 0.15) is 12.8 Å². The lowest BCUT2D eigenvalue weighted by Crippen LogP contribution is -2.54. The van der Waals surface area contributed by atoms with E-state index in [9.17, 15) is 9.59 Å². The van der Waals surface area contributed by atoms with Crippen LogP contribution in [0, 0.1) is 16.7 Å². The van der Waals surface area contributed by atoms with Crippen LogP contribution in [0.4, 0.5) is 0 Å². The van der Waals surface area contributed by atoms with Crippen LogP contribution >= 0.6 is 15.9 Å². The first-order valence-electron chi connectivity index (χ1n) is 4.70. The molecule has 1 saturated carbocycles. The molecule has 1 rings (SSSR count). The van der Waals surface area contributed by atoms with Crippen molar-refractivity contribution in [2.45, 2.75) is 18.9 Å². The van der Waals surface area contributed by atoms with Crippen molar-refractivity contribution in [3.8, 4) is 0 Å². The summed E-state index contributed by atoms with van der Waals surface area (Å²) in [6.45, 7) is 0. The number of rotatable bonds is 3. The third-order valence-electron chi connectivity index (χ3n) is 2.45. The summed E-state index contributed by atoms with van der Waals surface area (Å²) in [5.74, 6) is -2.66. The highest BCUT2D eigenvalue weighted by atomic mass is 79.9. The normalized spacial score (nSPS) is 25.3. The molecule has 1 amide bonds. The predicted octanol–water partition coefficient (Wildman–Crippen LogP) is 0.400. The minimum Gasteiger partial charge on any atom is -0.481 e. The molecule has 0 heterocycles. The number of aliphatic carboxylic acids is 1. The summed E-state index contributed by atoms with van der Waals surface area (Å²) in [4.78, 5) is 22.2. The van der Waals surface area contributed by atoms with Gasteiger partial charge in [0.05, 0.1) is 11.4 Å². The van der Waals surface area contributed by atoms with Crippen molar-refractivity contribution in [2.75, 3.05) is 5.33 Å². The Labute approximate surface area is 101 Å². The van der Waals surface area contributed by atoms with Crippen molar-refractivity contribution in [3.05, 3.63) is 0 Å². The van der Waals surface area contributed by atoms with E-state index in [-0.39, 0.29) is 29.1 Å². The predicted molar refractivity (Wildman–Crippen MR) is 61.5 cm³/mol. The summed E-state index contributed by atoms with van der Waals surface area (Å²) in [6, 6.07) is -0.885. The largest absolute Gasteiger partial charge is 0.481 e. The fourth-order valence-electron chi connectivity index (χ4n) is 1.66. The lowest BCUT2D eigenvalue weighted by molar-refractivity contribution is -0.139. The second-order valence-corrected chi connectivity index (χ2v) is 4.11. The van der Waals surface area contributed by atoms with Gasteiger partial charge in [0.1, 0.15) is 5.92 Å². The molecule has 1 aliphatic rings. The zero-order valence-corrected chi connectivity index (χ0v) is 10.0. The van der Waals surface area contributed by atoms with Crippen LogP contribution in [-0.4, -0.2) is 39.8 Å². The third-order valence-corrected chi connectivity index (χ3v) is 2.96. The quantitative estimate of drug-likeness (QED) is 0.564. The Morgan fingerprint density at radius 2 is 1.94 bits per heavy atom. The Kier molecular flexibility index (Phi) is 4.17. The van der Waals surface area contributed by atoms with E-state index in [2.05, 4.69) is 21.2 Å². The number of carboxylic acids is 1. The molecule has 0 aliphatic heterocycles. The van der Waals surface area contributed by atoms with Gasteiger partial charge in [-0.2, -0.15) is 0 Å². The number of hydrogen-bond acceptors (Lipinski definition) is 4. The van der Waals surface area contributed by atoms with Gasteiger partial charge < -0.3 is 21.2 Å². The maximum Gasteiger partial charge on any atom is 0.314 e. The molecule has 0 spiro atoms. The first kappa shape index (κ1) is 12.8. The van der Waals surface area contributed by atoms with Crippen molar-refractivity contribution >= 4 is 39.2 Å². The maximum atomic E-state index is 11.2. The van der Waals surface area contributed by atoms with Crippen LogP contribution < -0.4 is 5.32 Å². The van der Waals surface area contributed by atoms with Gasteiger partial charge in [0, 0.05) is 11.4 Å². The Hall–Kier alpha value is -1.24. The molecule has 6 nitrogen and oxygen atoms in total. The van der Waals surface area contributed by atoms with Gasteiger partial charge in [0.2, 0.25) is 5.91 Å². The Bertz CT molecular complexity index is 356. The molecular formula is C9H12BrN3O3. The molecule has 7 heteroatoms. The molecule has 0 saturated heterocycles. The van der Waals surface area contributed by atoms with Crippen LogP contribution in [0.5, 0.6) is 0 Å². The SMILES string of the molecule is N=C1CCC(=N)C(C(=O)O)C1NC(=O)CBr. The van der Waals surface area contributed by atoms with Crippen molar-refractivity contribution in [2.24, 2.45) is 5.92 Å². The number of alkyl halides is 1. The molecule has 2 atom stereocenters. The fourth-order valence-corrected chi connectivity index (χ4v) is 1.82. The van der Waals surface area contributed by atoms with E-state index in [1.54, 1.807) is 0 Å². The van der Waals surface area contributed by atoms with Crippen LogP contribution in [0.3, 0.4) is 0 Å². The number of nitrogens with one attached hydrogen (secondary N) is 3. The van der Waals surface area contributed by atoms with Gasteiger partial charge in [-0.15, -0.1) is 0 Å². The maximum absolute atomic E-state index is 11.2. The molecule has 1 fully saturated rings. The summed E-state index contributed by atoms with van der Waals surface area (Å²) in [5, 5.41) is 26.7. The molecule has 2 unspecified atom stereocenters. The standard InChI is InChI=1S/C9H12BrN3O3/c10-3-6(14)13-8-5(12)2-1-4(11)7(8)9(15)16/h7-8,11-12H,1-3H2,(H,13,14)(H,15,16). The van der Waals surface area contributed by atoms with E-state index in [1.165, 1.54) is 0 Å². The molecule has 1 aliphatic carbocycles. The minimum atomic E-state index is -1.17. The fraction of sp³-hybridized carbons (Fsp3) is 0.556. The van der Waals surface area contributed by atoms with E-state index in [4.69, 9.17) is 15.9 Å². The van der Waals surface area contributed by atoms with Crippen LogP contribution in [0.15, 0.2) is 0 Å². The number of hydrogen-bond donors (Lipinski definition) is 4. The van der Waals surface area contributed by atoms with E-state index in [0.29, 0.717) is 6.42 Å². The molecule has 0 aromatic carbocycles. The van der Waals surface area contributed by atoms with Gasteiger partial charge in [-0.05, 0) is 12.8 Å². The van der Waals surface area contributed by atoms with Gasteiger partial charge in [-0.3, -0.25) is 9.59 Å². The summed E-state index contributed by atoms with van der Waals surface area (Å²) in [7, 11) is 0. The van der Waals surface area contributed by atoms with E-state index >= 15 is 0 Å². The summed E-state index contributed by atoms with van der Waals surface area (Å²) < 4.78 is 0. The number of carboxylic acid groups (broad SMARTS) is 1. The van der Waals surface area contributed by atoms with Gasteiger partial charge in [0.25, 0.3) is 0 Å². The van der Waals surface area contributed by atoms with Gasteiger partial charge in [-0.1, -0.05) is 15.9 Å². The van der Waals surface area contributed by atoms with Gasteiger partial charge in [0.15, 0.2) is 0 Å². The Morgan fingerprint density at radius 1 is 1.38 bits per heavy atom. The summed E-state index contributed by atoms with van der Waals surface area (Å²) in [5.41, 5.74) is 0.223. The van der Waals surface area contributed by atoms with Crippen LogP contribution in [0.2, 0.25) is 0 Å². The average molecular weight is 290 g/mol. The third kappa shape index (κ3) is 2.66. The van der Waals surface area contributed by atoms with E-state index in [1.807, 2.05) is 0 Å². The van der Waals surface area contributed by atoms with Crippen molar-refractivity contribution in [3.63, 3.8) is 0 Å². The van der Waals surface area contributed by atoms with Gasteiger partial charge >= 0.3 is 5.97 Å². The number of halogens is 1. The summed E-state index contributed by atoms with van der Waals surface area (Å²) in [6.07, 6.45) is 0.604. The molecule has 16 heavy (non-hydrogen) atoms. The van der Waals surface area contributed by atoms with Crippen molar-refractivity contribution in [1.29, 1.82) is 10.8 Å². The monoisotopic (exact) mass is 289 g/mol. The molecule has 0 bridgehead atoms. The Morgan fingerprint density at radius 3 is 2.44 bits per heavy atom. The first-order valence-corrected chi connectivity index (χ1v) is 5.82. The van der Waals surface area contributed by atoms with Crippen molar-refractivity contribution < 1.29 is 14.7 Å². The molecule has 0 radical (unpaired) electrons. The zero-order chi connectivity index (χ0) is 12.3.